The molecule has 29 heavy (non-hydrogen) atoms. The van der Waals surface area contributed by atoms with E-state index in [1.807, 2.05) is 25.1 Å². The number of nitrogens with zero attached hydrogens (tertiary/aromatic N) is 4. The van der Waals surface area contributed by atoms with Crippen molar-refractivity contribution in [3.63, 3.8) is 0 Å². The molecule has 0 unspecified atom stereocenters. The van der Waals surface area contributed by atoms with Crippen LogP contribution in [0.5, 0.6) is 0 Å². The molecule has 1 heterocycles. The molecule has 0 aliphatic carbocycles. The van der Waals surface area contributed by atoms with Gasteiger partial charge in [-0.25, -0.2) is 4.98 Å². The van der Waals surface area contributed by atoms with Crippen molar-refractivity contribution in [2.24, 2.45) is 10.2 Å². The number of benzene rings is 2. The Hall–Kier alpha value is -1.77. The Bertz CT molecular complexity index is 1000. The van der Waals surface area contributed by atoms with Crippen LogP contribution in [0.15, 0.2) is 40.6 Å². The summed E-state index contributed by atoms with van der Waals surface area (Å²) in [5.74, 6) is 0. The lowest BCUT2D eigenvalue weighted by Gasteiger charge is -2.24. The van der Waals surface area contributed by atoms with Gasteiger partial charge in [0, 0.05) is 33.0 Å². The largest absolute Gasteiger partial charge is 0.383 e. The monoisotopic (exact) mass is 452 g/mol. The summed E-state index contributed by atoms with van der Waals surface area (Å²) >= 11 is 13.7. The van der Waals surface area contributed by atoms with Crippen molar-refractivity contribution in [2.75, 3.05) is 45.4 Å². The first-order valence-electron chi connectivity index (χ1n) is 9.03. The number of rotatable bonds is 9. The molecule has 0 saturated heterocycles. The van der Waals surface area contributed by atoms with E-state index in [4.69, 9.17) is 32.7 Å². The van der Waals surface area contributed by atoms with Crippen molar-refractivity contribution in [3.8, 4) is 0 Å². The maximum absolute atomic E-state index is 6.24. The zero-order valence-corrected chi connectivity index (χ0v) is 18.8. The van der Waals surface area contributed by atoms with E-state index in [1.165, 1.54) is 11.3 Å². The van der Waals surface area contributed by atoms with Gasteiger partial charge in [0.25, 0.3) is 0 Å². The molecule has 1 aromatic heterocycles. The van der Waals surface area contributed by atoms with E-state index in [1.54, 1.807) is 20.3 Å². The van der Waals surface area contributed by atoms with Crippen LogP contribution in [-0.4, -0.2) is 45.5 Å². The molecular formula is C20H22Cl2N4O2S. The highest BCUT2D eigenvalue weighted by atomic mass is 35.5. The van der Waals surface area contributed by atoms with Gasteiger partial charge in [-0.2, -0.15) is 0 Å². The summed E-state index contributed by atoms with van der Waals surface area (Å²) in [5, 5.41) is 10.2. The Balaban J connectivity index is 1.80. The number of aryl methyl sites for hydroxylation is 1. The fourth-order valence-corrected chi connectivity index (χ4v) is 4.10. The lowest BCUT2D eigenvalue weighted by atomic mass is 10.1. The van der Waals surface area contributed by atoms with Gasteiger partial charge in [0.15, 0.2) is 0 Å². The van der Waals surface area contributed by atoms with Crippen LogP contribution >= 0.6 is 34.5 Å². The molecule has 0 aliphatic heterocycles. The van der Waals surface area contributed by atoms with Crippen LogP contribution in [0.3, 0.4) is 0 Å². The number of thiazole rings is 1. The highest BCUT2D eigenvalue weighted by molar-refractivity contribution is 7.22. The van der Waals surface area contributed by atoms with E-state index in [0.717, 1.165) is 40.2 Å². The molecular weight excluding hydrogens is 431 g/mol. The normalized spacial score (nSPS) is 11.6. The van der Waals surface area contributed by atoms with Crippen LogP contribution in [0.1, 0.15) is 5.56 Å². The van der Waals surface area contributed by atoms with Gasteiger partial charge in [0.2, 0.25) is 5.13 Å². The average Bonchev–Trinajstić information content (AvgIpc) is 3.14. The molecule has 154 valence electrons. The number of methoxy groups -OCH3 is 2. The second-order valence-corrected chi connectivity index (χ2v) is 8.11. The smallest absolute Gasteiger partial charge is 0.231 e. The molecule has 3 aromatic rings. The molecule has 0 amide bonds. The van der Waals surface area contributed by atoms with Gasteiger partial charge < -0.3 is 14.4 Å². The Kier molecular flexibility index (Phi) is 7.80. The fourth-order valence-electron chi connectivity index (χ4n) is 2.79. The molecule has 0 fully saturated rings. The number of fused-ring (bicyclic) bond motifs is 1. The maximum atomic E-state index is 6.24. The third kappa shape index (κ3) is 5.43. The van der Waals surface area contributed by atoms with Gasteiger partial charge in [-0.3, -0.25) is 0 Å². The maximum Gasteiger partial charge on any atom is 0.231 e. The predicted octanol–water partition coefficient (Wildman–Crippen LogP) is 6.43. The molecule has 0 bridgehead atoms. The lowest BCUT2D eigenvalue weighted by molar-refractivity contribution is 0.190. The van der Waals surface area contributed by atoms with Gasteiger partial charge in [-0.05, 0) is 42.8 Å². The highest BCUT2D eigenvalue weighted by Gasteiger charge is 2.11. The molecule has 0 saturated carbocycles. The first-order valence-corrected chi connectivity index (χ1v) is 10.6. The summed E-state index contributed by atoms with van der Waals surface area (Å²) in [7, 11) is 3.40. The second-order valence-electron chi connectivity index (χ2n) is 6.35. The molecule has 0 radical (unpaired) electrons. The standard InChI is InChI=1S/C20H22Cl2N4O2S/c1-13-12-14(26(8-10-27-2)9-11-28-3)4-6-16(13)24-25-20-23-17-7-5-15(21)18(22)19(17)29-20/h4-7,12H,8-11H2,1-3H3. The Labute approximate surface area is 184 Å². The summed E-state index contributed by atoms with van der Waals surface area (Å²) in [4.78, 5) is 6.67. The van der Waals surface area contributed by atoms with E-state index >= 15 is 0 Å². The van der Waals surface area contributed by atoms with E-state index < -0.39 is 0 Å². The molecule has 2 aromatic carbocycles. The molecule has 0 N–H and O–H groups in total. The van der Waals surface area contributed by atoms with Crippen molar-refractivity contribution in [2.45, 2.75) is 6.92 Å². The zero-order chi connectivity index (χ0) is 20.8. The number of azo groups is 1. The summed E-state index contributed by atoms with van der Waals surface area (Å²) in [6, 6.07) is 9.64. The Morgan fingerprint density at radius 2 is 1.76 bits per heavy atom. The summed E-state index contributed by atoms with van der Waals surface area (Å²) in [6.45, 7) is 4.88. The van der Waals surface area contributed by atoms with Crippen molar-refractivity contribution < 1.29 is 9.47 Å². The quantitative estimate of drug-likeness (QED) is 0.351. The third-order valence-electron chi connectivity index (χ3n) is 4.36. The zero-order valence-electron chi connectivity index (χ0n) is 16.5. The van der Waals surface area contributed by atoms with Gasteiger partial charge in [-0.1, -0.05) is 34.5 Å². The lowest BCUT2D eigenvalue weighted by Crippen LogP contribution is -2.30. The minimum Gasteiger partial charge on any atom is -0.383 e. The summed E-state index contributed by atoms with van der Waals surface area (Å²) in [6.07, 6.45) is 0. The molecule has 3 rings (SSSR count). The number of aromatic nitrogens is 1. The Morgan fingerprint density at radius 1 is 1.03 bits per heavy atom. The topological polar surface area (TPSA) is 59.3 Å². The van der Waals surface area contributed by atoms with Crippen LogP contribution in [-0.2, 0) is 9.47 Å². The summed E-state index contributed by atoms with van der Waals surface area (Å²) < 4.78 is 11.2. The van der Waals surface area contributed by atoms with Gasteiger partial charge in [0.05, 0.1) is 39.2 Å². The first kappa shape index (κ1) is 21.9. The van der Waals surface area contributed by atoms with Crippen molar-refractivity contribution >= 4 is 61.3 Å². The average molecular weight is 453 g/mol. The van der Waals surface area contributed by atoms with Crippen LogP contribution in [0, 0.1) is 6.92 Å². The van der Waals surface area contributed by atoms with E-state index in [9.17, 15) is 0 Å². The minimum atomic E-state index is 0.496. The molecule has 0 aliphatic rings. The fraction of sp³-hybridized carbons (Fsp3) is 0.350. The second kappa shape index (κ2) is 10.3. The summed E-state index contributed by atoms with van der Waals surface area (Å²) in [5.41, 5.74) is 3.66. The van der Waals surface area contributed by atoms with E-state index in [2.05, 4.69) is 26.2 Å². The molecule has 6 nitrogen and oxygen atoms in total. The number of ether oxygens (including phenoxy) is 2. The van der Waals surface area contributed by atoms with Gasteiger partial charge in [0.1, 0.15) is 0 Å². The molecule has 0 atom stereocenters. The van der Waals surface area contributed by atoms with Gasteiger partial charge in [-0.15, -0.1) is 10.2 Å². The number of hydrogen-bond acceptors (Lipinski definition) is 7. The van der Waals surface area contributed by atoms with E-state index in [-0.39, 0.29) is 0 Å². The van der Waals surface area contributed by atoms with Crippen molar-refractivity contribution in [1.29, 1.82) is 0 Å². The van der Waals surface area contributed by atoms with Gasteiger partial charge >= 0.3 is 0 Å². The number of halogens is 2. The van der Waals surface area contributed by atoms with Crippen molar-refractivity contribution in [1.82, 2.24) is 4.98 Å². The predicted molar refractivity (Wildman–Crippen MR) is 121 cm³/mol. The van der Waals surface area contributed by atoms with Crippen LogP contribution in [0.2, 0.25) is 10.0 Å². The molecule has 0 spiro atoms. The minimum absolute atomic E-state index is 0.496. The van der Waals surface area contributed by atoms with Crippen LogP contribution < -0.4 is 4.90 Å². The molecule has 9 heteroatoms. The Morgan fingerprint density at radius 3 is 2.41 bits per heavy atom. The first-order chi connectivity index (χ1) is 14.0. The van der Waals surface area contributed by atoms with Crippen LogP contribution in [0.4, 0.5) is 16.5 Å². The highest BCUT2D eigenvalue weighted by Crippen LogP contribution is 2.38. The number of anilines is 1. The SMILES string of the molecule is COCCN(CCOC)c1ccc(N=Nc2nc3ccc(Cl)c(Cl)c3s2)c(C)c1. The van der Waals surface area contributed by atoms with Crippen molar-refractivity contribution in [3.05, 3.63) is 45.9 Å². The van der Waals surface area contributed by atoms with E-state index in [0.29, 0.717) is 28.4 Å². The third-order valence-corrected chi connectivity index (χ3v) is 6.25. The number of hydrogen-bond donors (Lipinski definition) is 0. The van der Waals surface area contributed by atoms with Crippen LogP contribution in [0.25, 0.3) is 10.2 Å².